The summed E-state index contributed by atoms with van der Waals surface area (Å²) in [6, 6.07) is 10.8. The molecule has 0 atom stereocenters. The van der Waals surface area contributed by atoms with E-state index in [4.69, 9.17) is 11.6 Å². The van der Waals surface area contributed by atoms with Gasteiger partial charge in [0, 0.05) is 22.8 Å². The molecule has 5 nitrogen and oxygen atoms in total. The normalized spacial score (nSPS) is 10.9. The average molecular weight is 329 g/mol. The molecule has 0 aliphatic rings. The van der Waals surface area contributed by atoms with E-state index in [0.717, 1.165) is 24.0 Å². The van der Waals surface area contributed by atoms with Crippen LogP contribution >= 0.6 is 11.6 Å². The Labute approximate surface area is 139 Å². The lowest BCUT2D eigenvalue weighted by molar-refractivity contribution is 0.102. The van der Waals surface area contributed by atoms with Crippen molar-refractivity contribution in [2.45, 2.75) is 26.8 Å². The van der Waals surface area contributed by atoms with Crippen molar-refractivity contribution in [2.75, 3.05) is 5.32 Å². The molecular weight excluding hydrogens is 312 g/mol. The molecule has 0 radical (unpaired) electrons. The van der Waals surface area contributed by atoms with Gasteiger partial charge in [0.05, 0.1) is 5.52 Å². The Bertz CT molecular complexity index is 872. The van der Waals surface area contributed by atoms with Crippen molar-refractivity contribution in [1.82, 2.24) is 15.0 Å². The fourth-order valence-corrected chi connectivity index (χ4v) is 2.54. The third-order valence-electron chi connectivity index (χ3n) is 3.64. The summed E-state index contributed by atoms with van der Waals surface area (Å²) in [6.07, 6.45) is 0.981. The summed E-state index contributed by atoms with van der Waals surface area (Å²) in [5.74, 6) is -0.197. The van der Waals surface area contributed by atoms with Crippen LogP contribution in [-0.2, 0) is 6.54 Å². The van der Waals surface area contributed by atoms with Crippen LogP contribution in [0.5, 0.6) is 0 Å². The van der Waals surface area contributed by atoms with Gasteiger partial charge in [-0.2, -0.15) is 0 Å². The first-order valence-corrected chi connectivity index (χ1v) is 7.87. The van der Waals surface area contributed by atoms with Gasteiger partial charge in [0.2, 0.25) is 0 Å². The highest BCUT2D eigenvalue weighted by molar-refractivity contribution is 6.31. The number of anilines is 1. The Balaban J connectivity index is 1.84. The first-order valence-electron chi connectivity index (χ1n) is 7.49. The molecule has 0 aliphatic heterocycles. The minimum atomic E-state index is -0.197. The van der Waals surface area contributed by atoms with Crippen molar-refractivity contribution in [3.8, 4) is 0 Å². The number of benzene rings is 2. The largest absolute Gasteiger partial charge is 0.322 e. The van der Waals surface area contributed by atoms with Gasteiger partial charge in [-0.1, -0.05) is 29.8 Å². The van der Waals surface area contributed by atoms with Crippen molar-refractivity contribution >= 4 is 34.2 Å². The maximum Gasteiger partial charge on any atom is 0.255 e. The minimum absolute atomic E-state index is 0.197. The zero-order chi connectivity index (χ0) is 16.4. The fraction of sp³-hybridized carbons (Fsp3) is 0.235. The molecular formula is C17H17ClN4O. The number of fused-ring (bicyclic) bond motifs is 1. The van der Waals surface area contributed by atoms with Gasteiger partial charge >= 0.3 is 0 Å². The molecule has 1 N–H and O–H groups in total. The zero-order valence-corrected chi connectivity index (χ0v) is 13.8. The lowest BCUT2D eigenvalue weighted by Gasteiger charge is -2.07. The standard InChI is InChI=1S/C17H17ClN4O/c1-3-8-22-16-7-5-12(9-15(16)20-21-22)17(23)19-13-6-4-11(2)14(18)10-13/h4-7,9-10H,3,8H2,1-2H3,(H,19,23). The highest BCUT2D eigenvalue weighted by atomic mass is 35.5. The minimum Gasteiger partial charge on any atom is -0.322 e. The predicted molar refractivity (Wildman–Crippen MR) is 92.0 cm³/mol. The lowest BCUT2D eigenvalue weighted by Crippen LogP contribution is -2.11. The summed E-state index contributed by atoms with van der Waals surface area (Å²) < 4.78 is 1.84. The topological polar surface area (TPSA) is 59.8 Å². The summed E-state index contributed by atoms with van der Waals surface area (Å²) in [4.78, 5) is 12.4. The monoisotopic (exact) mass is 328 g/mol. The van der Waals surface area contributed by atoms with E-state index < -0.39 is 0 Å². The summed E-state index contributed by atoms with van der Waals surface area (Å²) >= 11 is 6.08. The zero-order valence-electron chi connectivity index (χ0n) is 13.0. The van der Waals surface area contributed by atoms with Crippen LogP contribution in [0.15, 0.2) is 36.4 Å². The van der Waals surface area contributed by atoms with Gasteiger partial charge in [-0.3, -0.25) is 4.79 Å². The molecule has 0 spiro atoms. The highest BCUT2D eigenvalue weighted by Gasteiger charge is 2.11. The van der Waals surface area contributed by atoms with E-state index in [2.05, 4.69) is 22.6 Å². The second-order valence-electron chi connectivity index (χ2n) is 5.43. The Kier molecular flexibility index (Phi) is 4.30. The number of carbonyl (C=O) groups excluding carboxylic acids is 1. The molecule has 6 heteroatoms. The van der Waals surface area contributed by atoms with Gasteiger partial charge in [-0.25, -0.2) is 4.68 Å². The molecule has 3 aromatic rings. The quantitative estimate of drug-likeness (QED) is 0.785. The first kappa shape index (κ1) is 15.5. The summed E-state index contributed by atoms with van der Waals surface area (Å²) in [7, 11) is 0. The molecule has 0 bridgehead atoms. The van der Waals surface area contributed by atoms with Crippen LogP contribution in [0, 0.1) is 6.92 Å². The van der Waals surface area contributed by atoms with Crippen molar-refractivity contribution in [3.05, 3.63) is 52.5 Å². The van der Waals surface area contributed by atoms with Gasteiger partial charge in [0.15, 0.2) is 0 Å². The van der Waals surface area contributed by atoms with Gasteiger partial charge in [0.1, 0.15) is 5.52 Å². The molecule has 1 amide bonds. The Morgan fingerprint density at radius 1 is 1.26 bits per heavy atom. The number of nitrogens with one attached hydrogen (secondary N) is 1. The molecule has 1 aromatic heterocycles. The van der Waals surface area contributed by atoms with Crippen LogP contribution in [0.1, 0.15) is 29.3 Å². The van der Waals surface area contributed by atoms with Crippen molar-refractivity contribution in [2.24, 2.45) is 0 Å². The van der Waals surface area contributed by atoms with Crippen LogP contribution in [-0.4, -0.2) is 20.9 Å². The average Bonchev–Trinajstić information content (AvgIpc) is 2.94. The van der Waals surface area contributed by atoms with E-state index in [9.17, 15) is 4.79 Å². The van der Waals surface area contributed by atoms with Crippen LogP contribution in [0.4, 0.5) is 5.69 Å². The second-order valence-corrected chi connectivity index (χ2v) is 5.84. The summed E-state index contributed by atoms with van der Waals surface area (Å²) in [5, 5.41) is 11.7. The molecule has 0 saturated heterocycles. The smallest absolute Gasteiger partial charge is 0.255 e. The Morgan fingerprint density at radius 2 is 2.09 bits per heavy atom. The number of nitrogens with zero attached hydrogens (tertiary/aromatic N) is 3. The van der Waals surface area contributed by atoms with Crippen LogP contribution in [0.3, 0.4) is 0 Å². The molecule has 0 saturated carbocycles. The van der Waals surface area contributed by atoms with Crippen molar-refractivity contribution in [1.29, 1.82) is 0 Å². The number of carbonyl (C=O) groups is 1. The van der Waals surface area contributed by atoms with Gasteiger partial charge in [-0.05, 0) is 49.2 Å². The number of halogens is 1. The highest BCUT2D eigenvalue weighted by Crippen LogP contribution is 2.21. The lowest BCUT2D eigenvalue weighted by atomic mass is 10.1. The number of rotatable bonds is 4. The fourth-order valence-electron chi connectivity index (χ4n) is 2.36. The molecule has 0 fully saturated rings. The van der Waals surface area contributed by atoms with E-state index in [1.54, 1.807) is 18.2 Å². The van der Waals surface area contributed by atoms with Crippen molar-refractivity contribution < 1.29 is 4.79 Å². The van der Waals surface area contributed by atoms with Crippen molar-refractivity contribution in [3.63, 3.8) is 0 Å². The molecule has 2 aromatic carbocycles. The van der Waals surface area contributed by atoms with Gasteiger partial charge in [0.25, 0.3) is 5.91 Å². The third kappa shape index (κ3) is 3.19. The Morgan fingerprint density at radius 3 is 2.83 bits per heavy atom. The second kappa shape index (κ2) is 6.38. The predicted octanol–water partition coefficient (Wildman–Crippen LogP) is 4.06. The Hall–Kier alpha value is -2.40. The summed E-state index contributed by atoms with van der Waals surface area (Å²) in [5.41, 5.74) is 3.83. The molecule has 0 aliphatic carbocycles. The van der Waals surface area contributed by atoms with Crippen LogP contribution in [0.25, 0.3) is 11.0 Å². The van der Waals surface area contributed by atoms with E-state index in [0.29, 0.717) is 21.8 Å². The van der Waals surface area contributed by atoms with E-state index in [1.165, 1.54) is 0 Å². The van der Waals surface area contributed by atoms with Gasteiger partial charge < -0.3 is 5.32 Å². The third-order valence-corrected chi connectivity index (χ3v) is 4.05. The van der Waals surface area contributed by atoms with Gasteiger partial charge in [-0.15, -0.1) is 5.10 Å². The number of aryl methyl sites for hydroxylation is 2. The number of aromatic nitrogens is 3. The van der Waals surface area contributed by atoms with Crippen LogP contribution < -0.4 is 5.32 Å². The van der Waals surface area contributed by atoms with Crippen LogP contribution in [0.2, 0.25) is 5.02 Å². The number of hydrogen-bond donors (Lipinski definition) is 1. The molecule has 118 valence electrons. The maximum absolute atomic E-state index is 12.4. The maximum atomic E-state index is 12.4. The summed E-state index contributed by atoms with van der Waals surface area (Å²) in [6.45, 7) is 4.81. The van der Waals surface area contributed by atoms with E-state index in [1.807, 2.05) is 29.8 Å². The molecule has 1 heterocycles. The molecule has 0 unspecified atom stereocenters. The first-order chi connectivity index (χ1) is 11.1. The van der Waals surface area contributed by atoms with E-state index >= 15 is 0 Å². The SMILES string of the molecule is CCCn1nnc2cc(C(=O)Nc3ccc(C)c(Cl)c3)ccc21. The number of amides is 1. The number of hydrogen-bond acceptors (Lipinski definition) is 3. The van der Waals surface area contributed by atoms with E-state index in [-0.39, 0.29) is 5.91 Å². The molecule has 23 heavy (non-hydrogen) atoms. The molecule has 3 rings (SSSR count).